The molecule has 3 N–H and O–H groups in total. The maximum atomic E-state index is 9.62. The molecule has 1 aliphatic carbocycles. The molecule has 1 heterocycles. The molecule has 64 valence electrons. The van der Waals surface area contributed by atoms with E-state index in [0.29, 0.717) is 6.42 Å². The highest BCUT2D eigenvalue weighted by Gasteiger charge is 2.18. The van der Waals surface area contributed by atoms with Crippen molar-refractivity contribution >= 4 is 0 Å². The van der Waals surface area contributed by atoms with Crippen LogP contribution >= 0.6 is 0 Å². The molecule has 2 bridgehead atoms. The van der Waals surface area contributed by atoms with Crippen LogP contribution in [0.15, 0.2) is 18.3 Å². The first kappa shape index (κ1) is 7.71. The molecular weight excluding hydrogens is 152 g/mol. The normalized spacial score (nSPS) is 28.2. The quantitative estimate of drug-likeness (QED) is 0.583. The zero-order valence-corrected chi connectivity index (χ0v) is 6.77. The third-order valence-corrected chi connectivity index (χ3v) is 2.22. The van der Waals surface area contributed by atoms with Gasteiger partial charge in [0.2, 0.25) is 0 Å². The van der Waals surface area contributed by atoms with Gasteiger partial charge in [-0.1, -0.05) is 0 Å². The fourth-order valence-electron chi connectivity index (χ4n) is 1.59. The number of aromatic nitrogens is 1. The second-order valence-corrected chi connectivity index (χ2v) is 3.30. The number of aliphatic hydroxyl groups excluding tert-OH is 1. The molecule has 0 saturated carbocycles. The Labute approximate surface area is 71.2 Å². The summed E-state index contributed by atoms with van der Waals surface area (Å²) in [5.74, 6) is 0. The van der Waals surface area contributed by atoms with Crippen molar-refractivity contribution < 1.29 is 5.11 Å². The van der Waals surface area contributed by atoms with E-state index in [0.717, 1.165) is 17.7 Å². The molecule has 12 heavy (non-hydrogen) atoms. The van der Waals surface area contributed by atoms with Gasteiger partial charge in [-0.05, 0) is 24.1 Å². The van der Waals surface area contributed by atoms with Gasteiger partial charge in [0.25, 0.3) is 0 Å². The maximum Gasteiger partial charge on any atom is 0.0806 e. The van der Waals surface area contributed by atoms with E-state index in [1.165, 1.54) is 0 Å². The Balaban J connectivity index is 2.39. The highest BCUT2D eigenvalue weighted by Crippen LogP contribution is 2.22. The molecular formula is C9H12N2O. The first-order valence-corrected chi connectivity index (χ1v) is 4.14. The number of rotatable bonds is 0. The predicted octanol–water partition coefficient (Wildman–Crippen LogP) is 0.389. The topological polar surface area (TPSA) is 59.1 Å². The van der Waals surface area contributed by atoms with E-state index in [1.807, 2.05) is 12.1 Å². The molecule has 0 saturated heterocycles. The molecule has 0 spiro atoms. The van der Waals surface area contributed by atoms with E-state index >= 15 is 0 Å². The van der Waals surface area contributed by atoms with Crippen LogP contribution < -0.4 is 5.73 Å². The Kier molecular flexibility index (Phi) is 1.83. The summed E-state index contributed by atoms with van der Waals surface area (Å²) in [5.41, 5.74) is 7.70. The lowest BCUT2D eigenvalue weighted by atomic mass is 10.1. The highest BCUT2D eigenvalue weighted by atomic mass is 16.3. The van der Waals surface area contributed by atoms with Crippen molar-refractivity contribution in [2.24, 2.45) is 5.73 Å². The Bertz CT molecular complexity index is 288. The number of fused-ring (bicyclic) bond motifs is 2. The zero-order valence-electron chi connectivity index (χ0n) is 6.77. The van der Waals surface area contributed by atoms with E-state index in [2.05, 4.69) is 4.98 Å². The minimum Gasteiger partial charge on any atom is -0.388 e. The van der Waals surface area contributed by atoms with Crippen LogP contribution in [0.1, 0.15) is 23.8 Å². The van der Waals surface area contributed by atoms with Crippen LogP contribution in [-0.2, 0) is 6.42 Å². The van der Waals surface area contributed by atoms with Crippen molar-refractivity contribution in [3.05, 3.63) is 29.6 Å². The van der Waals surface area contributed by atoms with Crippen molar-refractivity contribution in [1.29, 1.82) is 0 Å². The summed E-state index contributed by atoms with van der Waals surface area (Å²) < 4.78 is 0. The van der Waals surface area contributed by atoms with E-state index < -0.39 is 6.10 Å². The predicted molar refractivity (Wildman–Crippen MR) is 45.5 cm³/mol. The summed E-state index contributed by atoms with van der Waals surface area (Å²) in [6.07, 6.45) is 2.72. The van der Waals surface area contributed by atoms with Gasteiger partial charge in [0, 0.05) is 24.4 Å². The summed E-state index contributed by atoms with van der Waals surface area (Å²) in [6, 6.07) is 3.80. The van der Waals surface area contributed by atoms with E-state index in [1.54, 1.807) is 6.20 Å². The summed E-state index contributed by atoms with van der Waals surface area (Å²) in [7, 11) is 0. The Hall–Kier alpha value is -0.930. The zero-order chi connectivity index (χ0) is 8.55. The molecule has 0 unspecified atom stereocenters. The van der Waals surface area contributed by atoms with Crippen LogP contribution in [0, 0.1) is 0 Å². The summed E-state index contributed by atoms with van der Waals surface area (Å²) in [6.45, 7) is 0. The Morgan fingerprint density at radius 3 is 3.25 bits per heavy atom. The third kappa shape index (κ3) is 1.33. The molecule has 1 aromatic rings. The number of hydrogen-bond acceptors (Lipinski definition) is 3. The standard InChI is InChI=1S/C9H12N2O/c10-7-4-8-3-6(1-2-11-8)9(12)5-7/h1-3,7,9,12H,4-5,10H2/t7-,9-/m1/s1. The first-order valence-electron chi connectivity index (χ1n) is 4.14. The number of nitrogens with two attached hydrogens (primary N) is 1. The second-order valence-electron chi connectivity index (χ2n) is 3.30. The number of nitrogens with zero attached hydrogens (tertiary/aromatic N) is 1. The monoisotopic (exact) mass is 164 g/mol. The molecule has 0 amide bonds. The summed E-state index contributed by atoms with van der Waals surface area (Å²) >= 11 is 0. The average Bonchev–Trinajstić information content (AvgIpc) is 2.11. The largest absolute Gasteiger partial charge is 0.388 e. The van der Waals surface area contributed by atoms with Gasteiger partial charge in [0.15, 0.2) is 0 Å². The van der Waals surface area contributed by atoms with Gasteiger partial charge in [0.1, 0.15) is 0 Å². The van der Waals surface area contributed by atoms with Gasteiger partial charge in [-0.25, -0.2) is 0 Å². The van der Waals surface area contributed by atoms with Gasteiger partial charge in [-0.3, -0.25) is 4.98 Å². The minimum absolute atomic E-state index is 0.0346. The smallest absolute Gasteiger partial charge is 0.0806 e. The van der Waals surface area contributed by atoms with Crippen LogP contribution in [0.3, 0.4) is 0 Å². The molecule has 0 aliphatic heterocycles. The van der Waals surface area contributed by atoms with Crippen LogP contribution in [0.25, 0.3) is 0 Å². The van der Waals surface area contributed by atoms with E-state index in [-0.39, 0.29) is 6.04 Å². The molecule has 1 aliphatic rings. The molecule has 0 aromatic carbocycles. The average molecular weight is 164 g/mol. The minimum atomic E-state index is -0.413. The highest BCUT2D eigenvalue weighted by molar-refractivity contribution is 5.21. The molecule has 3 nitrogen and oxygen atoms in total. The molecule has 1 aromatic heterocycles. The van der Waals surface area contributed by atoms with Crippen LogP contribution in [0.4, 0.5) is 0 Å². The number of hydrogen-bond donors (Lipinski definition) is 2. The number of pyridine rings is 1. The van der Waals surface area contributed by atoms with Crippen molar-refractivity contribution in [2.75, 3.05) is 0 Å². The van der Waals surface area contributed by atoms with Gasteiger partial charge in [-0.15, -0.1) is 0 Å². The second kappa shape index (κ2) is 2.84. The molecule has 3 heteroatoms. The van der Waals surface area contributed by atoms with Gasteiger partial charge in [-0.2, -0.15) is 0 Å². The van der Waals surface area contributed by atoms with Crippen molar-refractivity contribution in [3.63, 3.8) is 0 Å². The molecule has 2 rings (SSSR count). The van der Waals surface area contributed by atoms with Crippen molar-refractivity contribution in [2.45, 2.75) is 25.0 Å². The van der Waals surface area contributed by atoms with Gasteiger partial charge < -0.3 is 10.8 Å². The Morgan fingerprint density at radius 2 is 2.42 bits per heavy atom. The third-order valence-electron chi connectivity index (χ3n) is 2.22. The van der Waals surface area contributed by atoms with E-state index in [9.17, 15) is 5.11 Å². The fourth-order valence-corrected chi connectivity index (χ4v) is 1.59. The SMILES string of the molecule is N[C@@H]1Cc2cc(ccn2)[C@H](O)C1. The van der Waals surface area contributed by atoms with Gasteiger partial charge >= 0.3 is 0 Å². The Morgan fingerprint density at radius 1 is 1.58 bits per heavy atom. The lowest BCUT2D eigenvalue weighted by molar-refractivity contribution is 0.160. The maximum absolute atomic E-state index is 9.62. The molecule has 0 fully saturated rings. The van der Waals surface area contributed by atoms with Crippen molar-refractivity contribution in [1.82, 2.24) is 4.98 Å². The molecule has 0 radical (unpaired) electrons. The van der Waals surface area contributed by atoms with Crippen molar-refractivity contribution in [3.8, 4) is 0 Å². The van der Waals surface area contributed by atoms with Crippen LogP contribution in [-0.4, -0.2) is 16.1 Å². The summed E-state index contributed by atoms with van der Waals surface area (Å²) in [4.78, 5) is 4.16. The fraction of sp³-hybridized carbons (Fsp3) is 0.444. The molecule has 2 atom stereocenters. The first-order chi connectivity index (χ1) is 5.75. The van der Waals surface area contributed by atoms with Crippen LogP contribution in [0.5, 0.6) is 0 Å². The van der Waals surface area contributed by atoms with E-state index in [4.69, 9.17) is 5.73 Å². The summed E-state index contributed by atoms with van der Waals surface area (Å²) in [5, 5.41) is 9.62. The number of aliphatic hydroxyl groups is 1. The van der Waals surface area contributed by atoms with Crippen LogP contribution in [0.2, 0.25) is 0 Å². The lowest BCUT2D eigenvalue weighted by Gasteiger charge is -2.10. The van der Waals surface area contributed by atoms with Gasteiger partial charge in [0.05, 0.1) is 6.10 Å². The lowest BCUT2D eigenvalue weighted by Crippen LogP contribution is -2.23.